The summed E-state index contributed by atoms with van der Waals surface area (Å²) in [4.78, 5) is 29.5. The molecule has 1 atom stereocenters. The standard InChI is InChI=1S/C18H19N3O3S/c1-10-8-15(22)21(16-13(10)6-5-7-14(16)24-4)12(3)17(23)20-18-19-11(2)9-25-18/h5-9,12H,1-4H3,(H,19,20,23). The number of para-hydroxylation sites is 1. The number of rotatable bonds is 4. The number of ether oxygens (including phenoxy) is 1. The molecule has 6 nitrogen and oxygen atoms in total. The van der Waals surface area contributed by atoms with E-state index in [1.54, 1.807) is 26.2 Å². The Bertz CT molecular complexity index is 1010. The molecule has 1 amide bonds. The highest BCUT2D eigenvalue weighted by Gasteiger charge is 2.22. The van der Waals surface area contributed by atoms with E-state index >= 15 is 0 Å². The van der Waals surface area contributed by atoms with Gasteiger partial charge in [0.15, 0.2) is 5.13 Å². The summed E-state index contributed by atoms with van der Waals surface area (Å²) in [6, 6.07) is 6.39. The van der Waals surface area contributed by atoms with E-state index in [1.807, 2.05) is 31.4 Å². The van der Waals surface area contributed by atoms with Gasteiger partial charge in [0.1, 0.15) is 11.8 Å². The van der Waals surface area contributed by atoms with Crippen LogP contribution in [0.5, 0.6) is 5.75 Å². The number of anilines is 1. The molecule has 1 N–H and O–H groups in total. The molecule has 0 spiro atoms. The molecule has 0 saturated heterocycles. The van der Waals surface area contributed by atoms with Gasteiger partial charge in [-0.1, -0.05) is 12.1 Å². The van der Waals surface area contributed by atoms with Gasteiger partial charge < -0.3 is 10.1 Å². The molecule has 1 aromatic carbocycles. The summed E-state index contributed by atoms with van der Waals surface area (Å²) in [6.45, 7) is 5.42. The van der Waals surface area contributed by atoms with Crippen LogP contribution in [0.3, 0.4) is 0 Å². The molecule has 0 aliphatic rings. The molecule has 0 bridgehead atoms. The lowest BCUT2D eigenvalue weighted by Crippen LogP contribution is -2.32. The van der Waals surface area contributed by atoms with Crippen molar-refractivity contribution >= 4 is 33.3 Å². The molecule has 1 unspecified atom stereocenters. The highest BCUT2D eigenvalue weighted by molar-refractivity contribution is 7.13. The van der Waals surface area contributed by atoms with E-state index in [-0.39, 0.29) is 11.5 Å². The van der Waals surface area contributed by atoms with Crippen LogP contribution >= 0.6 is 11.3 Å². The highest BCUT2D eigenvalue weighted by atomic mass is 32.1. The van der Waals surface area contributed by atoms with Crippen LogP contribution in [0.25, 0.3) is 10.9 Å². The maximum absolute atomic E-state index is 12.7. The van der Waals surface area contributed by atoms with Crippen LogP contribution in [-0.4, -0.2) is 22.6 Å². The number of benzene rings is 1. The van der Waals surface area contributed by atoms with E-state index in [2.05, 4.69) is 10.3 Å². The van der Waals surface area contributed by atoms with Crippen LogP contribution in [0, 0.1) is 13.8 Å². The van der Waals surface area contributed by atoms with Gasteiger partial charge in [0.05, 0.1) is 18.3 Å². The Morgan fingerprint density at radius 1 is 1.36 bits per heavy atom. The normalized spacial score (nSPS) is 12.2. The molecule has 7 heteroatoms. The largest absolute Gasteiger partial charge is 0.495 e. The van der Waals surface area contributed by atoms with Crippen molar-refractivity contribution in [2.75, 3.05) is 12.4 Å². The van der Waals surface area contributed by atoms with Gasteiger partial charge in [-0.15, -0.1) is 11.3 Å². The first kappa shape index (κ1) is 17.2. The summed E-state index contributed by atoms with van der Waals surface area (Å²) in [5.74, 6) is 0.260. The van der Waals surface area contributed by atoms with Gasteiger partial charge in [0, 0.05) is 16.8 Å². The van der Waals surface area contributed by atoms with Crippen LogP contribution in [0.4, 0.5) is 5.13 Å². The minimum atomic E-state index is -0.712. The lowest BCUT2D eigenvalue weighted by molar-refractivity contribution is -0.118. The number of aromatic nitrogens is 2. The second kappa shape index (κ2) is 6.68. The molecule has 3 rings (SSSR count). The Labute approximate surface area is 149 Å². The predicted molar refractivity (Wildman–Crippen MR) is 99.7 cm³/mol. The molecular formula is C18H19N3O3S. The van der Waals surface area contributed by atoms with Crippen molar-refractivity contribution in [1.29, 1.82) is 0 Å². The highest BCUT2D eigenvalue weighted by Crippen LogP contribution is 2.28. The number of hydrogen-bond donors (Lipinski definition) is 1. The van der Waals surface area contributed by atoms with Crippen molar-refractivity contribution in [3.8, 4) is 5.75 Å². The summed E-state index contributed by atoms with van der Waals surface area (Å²) in [6.07, 6.45) is 0. The van der Waals surface area contributed by atoms with Gasteiger partial charge >= 0.3 is 0 Å². The van der Waals surface area contributed by atoms with Crippen molar-refractivity contribution in [2.24, 2.45) is 0 Å². The minimum Gasteiger partial charge on any atom is -0.495 e. The van der Waals surface area contributed by atoms with Gasteiger partial charge in [-0.05, 0) is 32.4 Å². The molecule has 3 aromatic rings. The summed E-state index contributed by atoms with van der Waals surface area (Å²) in [7, 11) is 1.55. The number of pyridine rings is 1. The van der Waals surface area contributed by atoms with E-state index in [4.69, 9.17) is 4.74 Å². The average Bonchev–Trinajstić information content (AvgIpc) is 2.99. The lowest BCUT2D eigenvalue weighted by Gasteiger charge is -2.19. The molecule has 130 valence electrons. The first-order valence-corrected chi connectivity index (χ1v) is 8.72. The van der Waals surface area contributed by atoms with Crippen molar-refractivity contribution in [3.05, 3.63) is 51.3 Å². The smallest absolute Gasteiger partial charge is 0.252 e. The third kappa shape index (κ3) is 3.15. The number of nitrogens with zero attached hydrogens (tertiary/aromatic N) is 2. The molecule has 25 heavy (non-hydrogen) atoms. The van der Waals surface area contributed by atoms with Crippen molar-refractivity contribution in [2.45, 2.75) is 26.8 Å². The molecule has 0 radical (unpaired) electrons. The second-order valence-corrected chi connectivity index (χ2v) is 6.71. The van der Waals surface area contributed by atoms with E-state index in [1.165, 1.54) is 15.9 Å². The number of methoxy groups -OCH3 is 1. The number of aryl methyl sites for hydroxylation is 2. The van der Waals surface area contributed by atoms with Gasteiger partial charge in [0.2, 0.25) is 5.91 Å². The minimum absolute atomic E-state index is 0.243. The summed E-state index contributed by atoms with van der Waals surface area (Å²) in [5.41, 5.74) is 2.06. The zero-order chi connectivity index (χ0) is 18.1. The van der Waals surface area contributed by atoms with Gasteiger partial charge in [-0.2, -0.15) is 0 Å². The SMILES string of the molecule is COc1cccc2c(C)cc(=O)n(C(C)C(=O)Nc3nc(C)cs3)c12. The fourth-order valence-corrected chi connectivity index (χ4v) is 3.51. The van der Waals surface area contributed by atoms with Crippen molar-refractivity contribution < 1.29 is 9.53 Å². The predicted octanol–water partition coefficient (Wildman–Crippen LogP) is 3.28. The van der Waals surface area contributed by atoms with Gasteiger partial charge in [-0.3, -0.25) is 14.2 Å². The Kier molecular flexibility index (Phi) is 4.59. The van der Waals surface area contributed by atoms with Gasteiger partial charge in [0.25, 0.3) is 5.56 Å². The van der Waals surface area contributed by atoms with Gasteiger partial charge in [-0.25, -0.2) is 4.98 Å². The molecular weight excluding hydrogens is 338 g/mol. The number of thiazole rings is 1. The lowest BCUT2D eigenvalue weighted by atomic mass is 10.1. The van der Waals surface area contributed by atoms with Crippen molar-refractivity contribution in [1.82, 2.24) is 9.55 Å². The molecule has 0 fully saturated rings. The quantitative estimate of drug-likeness (QED) is 0.778. The van der Waals surface area contributed by atoms with Crippen molar-refractivity contribution in [3.63, 3.8) is 0 Å². The Balaban J connectivity index is 2.10. The van der Waals surface area contributed by atoms with Crippen LogP contribution in [0.1, 0.15) is 24.2 Å². The van der Waals surface area contributed by atoms with E-state index in [0.717, 1.165) is 16.6 Å². The number of hydrogen-bond acceptors (Lipinski definition) is 5. The number of amides is 1. The number of fused-ring (bicyclic) bond motifs is 1. The molecule has 0 aliphatic heterocycles. The first-order valence-electron chi connectivity index (χ1n) is 7.84. The monoisotopic (exact) mass is 357 g/mol. The maximum Gasteiger partial charge on any atom is 0.252 e. The van der Waals surface area contributed by atoms with Crippen LogP contribution in [0.2, 0.25) is 0 Å². The first-order chi connectivity index (χ1) is 11.9. The Hall–Kier alpha value is -2.67. The molecule has 0 aliphatic carbocycles. The van der Waals surface area contributed by atoms with E-state index in [9.17, 15) is 9.59 Å². The zero-order valence-corrected chi connectivity index (χ0v) is 15.3. The maximum atomic E-state index is 12.7. The topological polar surface area (TPSA) is 73.2 Å². The second-order valence-electron chi connectivity index (χ2n) is 5.85. The Morgan fingerprint density at radius 2 is 2.12 bits per heavy atom. The third-order valence-corrected chi connectivity index (χ3v) is 4.95. The molecule has 2 aromatic heterocycles. The summed E-state index contributed by atoms with van der Waals surface area (Å²) in [5, 5.41) is 6.03. The van der Waals surface area contributed by atoms with E-state index < -0.39 is 6.04 Å². The Morgan fingerprint density at radius 3 is 2.76 bits per heavy atom. The van der Waals surface area contributed by atoms with E-state index in [0.29, 0.717) is 16.4 Å². The summed E-state index contributed by atoms with van der Waals surface area (Å²) < 4.78 is 6.90. The fraction of sp³-hybridized carbons (Fsp3) is 0.278. The summed E-state index contributed by atoms with van der Waals surface area (Å²) >= 11 is 1.35. The fourth-order valence-electron chi connectivity index (χ4n) is 2.82. The average molecular weight is 357 g/mol. The van der Waals surface area contributed by atoms with Crippen LogP contribution in [-0.2, 0) is 4.79 Å². The number of carbonyl (C=O) groups excluding carboxylic acids is 1. The van der Waals surface area contributed by atoms with Crippen LogP contribution in [0.15, 0.2) is 34.4 Å². The molecule has 2 heterocycles. The number of carbonyl (C=O) groups is 1. The number of nitrogens with one attached hydrogen (secondary N) is 1. The van der Waals surface area contributed by atoms with Crippen LogP contribution < -0.4 is 15.6 Å². The molecule has 0 saturated carbocycles. The zero-order valence-electron chi connectivity index (χ0n) is 14.5. The third-order valence-electron chi connectivity index (χ3n) is 4.08.